The number of hydrogen-bond acceptors (Lipinski definition) is 3. The fourth-order valence-electron chi connectivity index (χ4n) is 2.75. The monoisotopic (exact) mass is 257 g/mol. The summed E-state index contributed by atoms with van der Waals surface area (Å²) in [5, 5.41) is 0. The molecule has 0 bridgehead atoms. The fraction of sp³-hybridized carbons (Fsp3) is 0.400. The first-order chi connectivity index (χ1) is 9.25. The zero-order valence-electron chi connectivity index (χ0n) is 11.1. The van der Waals surface area contributed by atoms with E-state index < -0.39 is 0 Å². The normalized spacial score (nSPS) is 20.0. The van der Waals surface area contributed by atoms with Gasteiger partial charge in [-0.25, -0.2) is 4.98 Å². The van der Waals surface area contributed by atoms with Crippen molar-refractivity contribution < 1.29 is 4.74 Å². The van der Waals surface area contributed by atoms with Gasteiger partial charge in [0.15, 0.2) is 0 Å². The zero-order valence-corrected chi connectivity index (χ0v) is 11.1. The molecule has 2 atom stereocenters. The van der Waals surface area contributed by atoms with Crippen LogP contribution in [0.15, 0.2) is 36.8 Å². The number of nitrogens with zero attached hydrogens (tertiary/aromatic N) is 2. The average Bonchev–Trinajstić information content (AvgIpc) is 2.85. The van der Waals surface area contributed by atoms with Crippen LogP contribution in [0.25, 0.3) is 0 Å². The molecule has 4 heteroatoms. The molecule has 1 aliphatic heterocycles. The third-order valence-corrected chi connectivity index (χ3v) is 3.79. The molecule has 0 radical (unpaired) electrons. The van der Waals surface area contributed by atoms with Crippen LogP contribution < -0.4 is 5.73 Å². The van der Waals surface area contributed by atoms with E-state index in [0.29, 0.717) is 0 Å². The van der Waals surface area contributed by atoms with E-state index in [-0.39, 0.29) is 12.1 Å². The molecule has 0 aliphatic carbocycles. The molecule has 19 heavy (non-hydrogen) atoms. The summed E-state index contributed by atoms with van der Waals surface area (Å²) in [4.78, 5) is 4.12. The molecular weight excluding hydrogens is 238 g/mol. The molecule has 2 unspecified atom stereocenters. The van der Waals surface area contributed by atoms with Gasteiger partial charge in [0, 0.05) is 19.3 Å². The number of benzene rings is 1. The largest absolute Gasteiger partial charge is 0.373 e. The lowest BCUT2D eigenvalue weighted by atomic mass is 9.93. The van der Waals surface area contributed by atoms with Crippen LogP contribution in [-0.4, -0.2) is 16.2 Å². The van der Waals surface area contributed by atoms with Crippen molar-refractivity contribution in [2.24, 2.45) is 12.8 Å². The van der Waals surface area contributed by atoms with Crippen molar-refractivity contribution in [3.8, 4) is 0 Å². The Morgan fingerprint density at radius 1 is 1.47 bits per heavy atom. The van der Waals surface area contributed by atoms with Gasteiger partial charge in [0.2, 0.25) is 0 Å². The number of hydrogen-bond donors (Lipinski definition) is 1. The maximum atomic E-state index is 6.29. The number of ether oxygens (including phenoxy) is 1. The number of aromatic nitrogens is 2. The van der Waals surface area contributed by atoms with Crippen LogP contribution in [0, 0.1) is 0 Å². The Labute approximate surface area is 113 Å². The molecule has 0 saturated carbocycles. The van der Waals surface area contributed by atoms with Crippen LogP contribution in [0.2, 0.25) is 0 Å². The highest BCUT2D eigenvalue weighted by molar-refractivity contribution is 5.31. The third-order valence-electron chi connectivity index (χ3n) is 3.79. The molecule has 0 amide bonds. The molecule has 0 fully saturated rings. The molecule has 0 spiro atoms. The summed E-state index contributed by atoms with van der Waals surface area (Å²) in [6.45, 7) is 0.778. The summed E-state index contributed by atoms with van der Waals surface area (Å²) in [6.07, 6.45) is 5.49. The highest BCUT2D eigenvalue weighted by Gasteiger charge is 2.24. The SMILES string of the molecule is Cn1cncc1C(N)CC1OCCc2ccccc21. The Bertz CT molecular complexity index is 564. The van der Waals surface area contributed by atoms with E-state index in [1.54, 1.807) is 6.33 Å². The fourth-order valence-corrected chi connectivity index (χ4v) is 2.75. The first-order valence-electron chi connectivity index (χ1n) is 6.67. The minimum Gasteiger partial charge on any atom is -0.373 e. The lowest BCUT2D eigenvalue weighted by Crippen LogP contribution is -2.22. The summed E-state index contributed by atoms with van der Waals surface area (Å²) in [7, 11) is 1.97. The summed E-state index contributed by atoms with van der Waals surface area (Å²) < 4.78 is 7.87. The van der Waals surface area contributed by atoms with Gasteiger partial charge in [0.1, 0.15) is 0 Å². The average molecular weight is 257 g/mol. The van der Waals surface area contributed by atoms with Crippen molar-refractivity contribution in [1.29, 1.82) is 0 Å². The Morgan fingerprint density at radius 2 is 2.32 bits per heavy atom. The maximum absolute atomic E-state index is 6.29. The molecule has 3 rings (SSSR count). The van der Waals surface area contributed by atoms with E-state index in [1.807, 2.05) is 17.8 Å². The van der Waals surface area contributed by atoms with Crippen molar-refractivity contribution in [2.45, 2.75) is 25.0 Å². The predicted octanol–water partition coefficient (Wildman–Crippen LogP) is 2.12. The van der Waals surface area contributed by atoms with Crippen molar-refractivity contribution >= 4 is 0 Å². The van der Waals surface area contributed by atoms with Crippen LogP contribution >= 0.6 is 0 Å². The molecule has 1 aromatic carbocycles. The number of nitrogens with two attached hydrogens (primary N) is 1. The molecule has 2 N–H and O–H groups in total. The van der Waals surface area contributed by atoms with Crippen LogP contribution in [0.4, 0.5) is 0 Å². The van der Waals surface area contributed by atoms with Crippen LogP contribution in [0.3, 0.4) is 0 Å². The molecule has 1 aliphatic rings. The third kappa shape index (κ3) is 2.41. The van der Waals surface area contributed by atoms with Crippen molar-refractivity contribution in [1.82, 2.24) is 9.55 Å². The predicted molar refractivity (Wildman–Crippen MR) is 73.6 cm³/mol. The topological polar surface area (TPSA) is 53.1 Å². The van der Waals surface area contributed by atoms with Gasteiger partial charge in [0.05, 0.1) is 24.7 Å². The van der Waals surface area contributed by atoms with Gasteiger partial charge >= 0.3 is 0 Å². The van der Waals surface area contributed by atoms with E-state index in [2.05, 4.69) is 29.2 Å². The van der Waals surface area contributed by atoms with E-state index in [4.69, 9.17) is 10.5 Å². The van der Waals surface area contributed by atoms with Gasteiger partial charge in [0.25, 0.3) is 0 Å². The number of fused-ring (bicyclic) bond motifs is 1. The Balaban J connectivity index is 1.80. The smallest absolute Gasteiger partial charge is 0.0946 e. The van der Waals surface area contributed by atoms with E-state index in [9.17, 15) is 0 Å². The summed E-state index contributed by atoms with van der Waals surface area (Å²) in [6, 6.07) is 8.43. The Kier molecular flexibility index (Phi) is 3.36. The molecule has 100 valence electrons. The second-order valence-corrected chi connectivity index (χ2v) is 5.08. The molecule has 2 heterocycles. The van der Waals surface area contributed by atoms with Gasteiger partial charge in [-0.3, -0.25) is 0 Å². The molecule has 2 aromatic rings. The Morgan fingerprint density at radius 3 is 3.11 bits per heavy atom. The number of rotatable bonds is 3. The summed E-state index contributed by atoms with van der Waals surface area (Å²) in [5.41, 5.74) is 10.0. The first-order valence-corrected chi connectivity index (χ1v) is 6.67. The lowest BCUT2D eigenvalue weighted by Gasteiger charge is -2.28. The minimum absolute atomic E-state index is 0.0522. The summed E-state index contributed by atoms with van der Waals surface area (Å²) >= 11 is 0. The van der Waals surface area contributed by atoms with Gasteiger partial charge in [-0.15, -0.1) is 0 Å². The Hall–Kier alpha value is -1.65. The van der Waals surface area contributed by atoms with Crippen molar-refractivity contribution in [2.75, 3.05) is 6.61 Å². The van der Waals surface area contributed by atoms with Crippen molar-refractivity contribution in [3.05, 3.63) is 53.6 Å². The zero-order chi connectivity index (χ0) is 13.2. The number of imidazole rings is 1. The standard InChI is InChI=1S/C15H19N3O/c1-18-10-17-9-14(18)13(16)8-15-12-5-3-2-4-11(12)6-7-19-15/h2-5,9-10,13,15H,6-8,16H2,1H3. The quantitative estimate of drug-likeness (QED) is 0.916. The van der Waals surface area contributed by atoms with E-state index in [0.717, 1.165) is 25.1 Å². The molecular formula is C15H19N3O. The lowest BCUT2D eigenvalue weighted by molar-refractivity contribution is 0.0316. The van der Waals surface area contributed by atoms with Crippen molar-refractivity contribution in [3.63, 3.8) is 0 Å². The van der Waals surface area contributed by atoms with E-state index in [1.165, 1.54) is 11.1 Å². The molecule has 1 aromatic heterocycles. The van der Waals surface area contributed by atoms with Gasteiger partial charge in [-0.2, -0.15) is 0 Å². The van der Waals surface area contributed by atoms with Gasteiger partial charge in [-0.05, 0) is 24.0 Å². The summed E-state index contributed by atoms with van der Waals surface area (Å²) in [5.74, 6) is 0. The van der Waals surface area contributed by atoms with Gasteiger partial charge in [-0.1, -0.05) is 24.3 Å². The molecule has 0 saturated heterocycles. The van der Waals surface area contributed by atoms with Gasteiger partial charge < -0.3 is 15.0 Å². The van der Waals surface area contributed by atoms with Crippen LogP contribution in [0.1, 0.15) is 35.4 Å². The molecule has 4 nitrogen and oxygen atoms in total. The van der Waals surface area contributed by atoms with E-state index >= 15 is 0 Å². The maximum Gasteiger partial charge on any atom is 0.0946 e. The highest BCUT2D eigenvalue weighted by atomic mass is 16.5. The number of aryl methyl sites for hydroxylation is 1. The second kappa shape index (κ2) is 5.15. The van der Waals surface area contributed by atoms with Crippen LogP contribution in [-0.2, 0) is 18.2 Å². The first kappa shape index (κ1) is 12.4. The van der Waals surface area contributed by atoms with Crippen LogP contribution in [0.5, 0.6) is 0 Å². The minimum atomic E-state index is -0.0522. The highest BCUT2D eigenvalue weighted by Crippen LogP contribution is 2.33. The second-order valence-electron chi connectivity index (χ2n) is 5.08.